The van der Waals surface area contributed by atoms with Crippen LogP contribution in [-0.4, -0.2) is 54.3 Å². The van der Waals surface area contributed by atoms with E-state index in [0.29, 0.717) is 30.5 Å². The highest BCUT2D eigenvalue weighted by atomic mass is 35.5. The first-order valence-electron chi connectivity index (χ1n) is 12.8. The summed E-state index contributed by atoms with van der Waals surface area (Å²) >= 11 is 6.13. The molecule has 0 radical (unpaired) electrons. The van der Waals surface area contributed by atoms with E-state index in [4.69, 9.17) is 11.6 Å². The second kappa shape index (κ2) is 11.0. The Labute approximate surface area is 222 Å². The van der Waals surface area contributed by atoms with Gasteiger partial charge >= 0.3 is 0 Å². The van der Waals surface area contributed by atoms with Crippen molar-refractivity contribution in [1.82, 2.24) is 15.1 Å². The molecule has 2 fully saturated rings. The number of nitrogens with one attached hydrogen (secondary N) is 1. The molecule has 2 unspecified atom stereocenters. The van der Waals surface area contributed by atoms with Crippen molar-refractivity contribution < 1.29 is 14.0 Å². The lowest BCUT2D eigenvalue weighted by Gasteiger charge is -2.25. The zero-order valence-corrected chi connectivity index (χ0v) is 21.6. The Hall–Kier alpha value is -3.22. The minimum absolute atomic E-state index is 0.0314. The lowest BCUT2D eigenvalue weighted by molar-refractivity contribution is 0.0769. The molecule has 2 aliphatic rings. The number of halogens is 2. The SMILES string of the molecule is Cc1cccc(C(=O)NC(CCN2CC3CN(C(=O)c4c(F)cccc4Cl)C[C@@H]3C2)c2ccccc2)c1. The number of nitrogens with zero attached hydrogens (tertiary/aromatic N) is 2. The highest BCUT2D eigenvalue weighted by Crippen LogP contribution is 2.33. The summed E-state index contributed by atoms with van der Waals surface area (Å²) in [4.78, 5) is 30.1. The van der Waals surface area contributed by atoms with Crippen molar-refractivity contribution in [2.45, 2.75) is 19.4 Å². The summed E-state index contributed by atoms with van der Waals surface area (Å²) in [5, 5.41) is 3.39. The Morgan fingerprint density at radius 3 is 2.35 bits per heavy atom. The Kier molecular flexibility index (Phi) is 7.58. The minimum Gasteiger partial charge on any atom is -0.345 e. The van der Waals surface area contributed by atoms with E-state index >= 15 is 0 Å². The molecule has 1 N–H and O–H groups in total. The second-order valence-corrected chi connectivity index (χ2v) is 10.6. The van der Waals surface area contributed by atoms with Crippen LogP contribution >= 0.6 is 11.6 Å². The molecule has 2 amide bonds. The van der Waals surface area contributed by atoms with Gasteiger partial charge in [0.2, 0.25) is 0 Å². The van der Waals surface area contributed by atoms with Crippen LogP contribution in [-0.2, 0) is 0 Å². The van der Waals surface area contributed by atoms with Gasteiger partial charge in [-0.1, -0.05) is 65.7 Å². The summed E-state index contributed by atoms with van der Waals surface area (Å²) in [6, 6.07) is 21.9. The molecular formula is C30H31ClFN3O2. The third-order valence-corrected chi connectivity index (χ3v) is 7.86. The molecule has 0 saturated carbocycles. The predicted molar refractivity (Wildman–Crippen MR) is 143 cm³/mol. The van der Waals surface area contributed by atoms with Gasteiger partial charge in [0.15, 0.2) is 0 Å². The normalized spacial score (nSPS) is 20.0. The topological polar surface area (TPSA) is 52.7 Å². The van der Waals surface area contributed by atoms with Crippen molar-refractivity contribution in [3.8, 4) is 0 Å². The average Bonchev–Trinajstić information content (AvgIpc) is 3.46. The predicted octanol–water partition coefficient (Wildman–Crippen LogP) is 5.35. The van der Waals surface area contributed by atoms with Crippen LogP contribution in [0.2, 0.25) is 5.02 Å². The summed E-state index contributed by atoms with van der Waals surface area (Å²) in [5.41, 5.74) is 2.77. The maximum absolute atomic E-state index is 14.3. The summed E-state index contributed by atoms with van der Waals surface area (Å²) in [6.07, 6.45) is 0.786. The molecule has 0 aliphatic carbocycles. The minimum atomic E-state index is -0.573. The van der Waals surface area contributed by atoms with Gasteiger partial charge in [-0.05, 0) is 55.0 Å². The molecule has 3 aromatic rings. The summed E-state index contributed by atoms with van der Waals surface area (Å²) in [7, 11) is 0. The van der Waals surface area contributed by atoms with Crippen LogP contribution in [0.5, 0.6) is 0 Å². The number of benzene rings is 3. The first-order chi connectivity index (χ1) is 17.9. The van der Waals surface area contributed by atoms with Crippen LogP contribution in [0.15, 0.2) is 72.8 Å². The number of fused-ring (bicyclic) bond motifs is 1. The van der Waals surface area contributed by atoms with Crippen LogP contribution in [0.4, 0.5) is 4.39 Å². The fourth-order valence-electron chi connectivity index (χ4n) is 5.65. The zero-order chi connectivity index (χ0) is 25.9. The summed E-state index contributed by atoms with van der Waals surface area (Å²) in [5.74, 6) is -0.266. The van der Waals surface area contributed by atoms with E-state index in [1.165, 1.54) is 12.1 Å². The van der Waals surface area contributed by atoms with Crippen molar-refractivity contribution in [3.05, 3.63) is 106 Å². The van der Waals surface area contributed by atoms with E-state index in [2.05, 4.69) is 22.3 Å². The van der Waals surface area contributed by atoms with E-state index in [-0.39, 0.29) is 28.4 Å². The molecule has 2 saturated heterocycles. The van der Waals surface area contributed by atoms with Crippen LogP contribution < -0.4 is 5.32 Å². The fraction of sp³-hybridized carbons (Fsp3) is 0.333. The Morgan fingerprint density at radius 2 is 1.68 bits per heavy atom. The van der Waals surface area contributed by atoms with E-state index in [9.17, 15) is 14.0 Å². The van der Waals surface area contributed by atoms with Gasteiger partial charge in [0.05, 0.1) is 16.6 Å². The monoisotopic (exact) mass is 519 g/mol. The molecule has 0 aromatic heterocycles. The van der Waals surface area contributed by atoms with Gasteiger partial charge in [0.1, 0.15) is 5.82 Å². The lowest BCUT2D eigenvalue weighted by atomic mass is 10.0. The van der Waals surface area contributed by atoms with E-state index in [1.54, 1.807) is 11.0 Å². The largest absolute Gasteiger partial charge is 0.345 e. The maximum Gasteiger partial charge on any atom is 0.258 e. The number of amides is 2. The molecule has 3 aromatic carbocycles. The average molecular weight is 520 g/mol. The van der Waals surface area contributed by atoms with Crippen LogP contribution in [0.1, 0.15) is 44.3 Å². The third kappa shape index (κ3) is 5.71. The Bertz CT molecular complexity index is 1250. The smallest absolute Gasteiger partial charge is 0.258 e. The molecule has 0 bridgehead atoms. The van der Waals surface area contributed by atoms with Gasteiger partial charge in [-0.25, -0.2) is 4.39 Å². The van der Waals surface area contributed by atoms with E-state index in [0.717, 1.165) is 37.2 Å². The third-order valence-electron chi connectivity index (χ3n) is 7.55. The fourth-order valence-corrected chi connectivity index (χ4v) is 5.89. The quantitative estimate of drug-likeness (QED) is 0.457. The van der Waals surface area contributed by atoms with Gasteiger partial charge in [-0.15, -0.1) is 0 Å². The van der Waals surface area contributed by atoms with E-state index < -0.39 is 5.82 Å². The first-order valence-corrected chi connectivity index (χ1v) is 13.1. The van der Waals surface area contributed by atoms with Crippen LogP contribution in [0, 0.1) is 24.6 Å². The lowest BCUT2D eigenvalue weighted by Crippen LogP contribution is -2.35. The molecular weight excluding hydrogens is 489 g/mol. The van der Waals surface area contributed by atoms with Crippen molar-refractivity contribution >= 4 is 23.4 Å². The van der Waals surface area contributed by atoms with Crippen molar-refractivity contribution in [3.63, 3.8) is 0 Å². The number of carbonyl (C=O) groups is 2. The molecule has 7 heteroatoms. The summed E-state index contributed by atoms with van der Waals surface area (Å²) in [6.45, 7) is 5.80. The number of carbonyl (C=O) groups excluding carboxylic acids is 2. The molecule has 192 valence electrons. The summed E-state index contributed by atoms with van der Waals surface area (Å²) < 4.78 is 14.3. The Balaban J connectivity index is 1.19. The van der Waals surface area contributed by atoms with Gasteiger partial charge in [-0.2, -0.15) is 0 Å². The number of aryl methyl sites for hydroxylation is 1. The highest BCUT2D eigenvalue weighted by Gasteiger charge is 2.42. The number of hydrogen-bond donors (Lipinski definition) is 1. The molecule has 5 rings (SSSR count). The molecule has 5 nitrogen and oxygen atoms in total. The van der Waals surface area contributed by atoms with Gasteiger partial charge < -0.3 is 15.1 Å². The molecule has 37 heavy (non-hydrogen) atoms. The van der Waals surface area contributed by atoms with Gasteiger partial charge in [-0.3, -0.25) is 9.59 Å². The van der Waals surface area contributed by atoms with Crippen LogP contribution in [0.3, 0.4) is 0 Å². The maximum atomic E-state index is 14.3. The molecule has 2 aliphatic heterocycles. The zero-order valence-electron chi connectivity index (χ0n) is 20.9. The number of rotatable bonds is 7. The highest BCUT2D eigenvalue weighted by molar-refractivity contribution is 6.33. The molecule has 2 heterocycles. The first kappa shape index (κ1) is 25.4. The van der Waals surface area contributed by atoms with Crippen molar-refractivity contribution in [2.24, 2.45) is 11.8 Å². The van der Waals surface area contributed by atoms with Crippen LogP contribution in [0.25, 0.3) is 0 Å². The van der Waals surface area contributed by atoms with Crippen molar-refractivity contribution in [1.29, 1.82) is 0 Å². The molecule has 3 atom stereocenters. The number of likely N-dealkylation sites (tertiary alicyclic amines) is 2. The van der Waals surface area contributed by atoms with E-state index in [1.807, 2.05) is 49.4 Å². The van der Waals surface area contributed by atoms with Crippen molar-refractivity contribution in [2.75, 3.05) is 32.7 Å². The van der Waals surface area contributed by atoms with Gasteiger partial charge in [0.25, 0.3) is 11.8 Å². The Morgan fingerprint density at radius 1 is 0.973 bits per heavy atom. The second-order valence-electron chi connectivity index (χ2n) is 10.2. The van der Waals surface area contributed by atoms with Gasteiger partial charge in [0, 0.05) is 38.3 Å². The standard InChI is InChI=1S/C30H31ClFN3O2/c1-20-7-5-10-22(15-20)29(36)33-27(21-8-3-2-4-9-21)13-14-34-16-23-18-35(19-24(23)17-34)30(37)28-25(31)11-6-12-26(28)32/h2-12,15,23-24,27H,13-14,16-19H2,1H3,(H,33,36)/t23-,24?,27?/m0/s1. The molecule has 0 spiro atoms. The number of hydrogen-bond acceptors (Lipinski definition) is 3.